The highest BCUT2D eigenvalue weighted by atomic mass is 32.2. The lowest BCUT2D eigenvalue weighted by Gasteiger charge is -2.44. The third-order valence-electron chi connectivity index (χ3n) is 3.87. The van der Waals surface area contributed by atoms with Crippen molar-refractivity contribution in [3.63, 3.8) is 0 Å². The van der Waals surface area contributed by atoms with Crippen LogP contribution < -0.4 is 0 Å². The Morgan fingerprint density at radius 1 is 1.28 bits per heavy atom. The van der Waals surface area contributed by atoms with Crippen molar-refractivity contribution in [3.05, 3.63) is 11.0 Å². The lowest BCUT2D eigenvalue weighted by molar-refractivity contribution is -0.0720. The van der Waals surface area contributed by atoms with E-state index in [-0.39, 0.29) is 16.1 Å². The predicted molar refractivity (Wildman–Crippen MR) is 75.8 cm³/mol. The van der Waals surface area contributed by atoms with Crippen LogP contribution in [0.4, 0.5) is 0 Å². The van der Waals surface area contributed by atoms with E-state index in [1.54, 1.807) is 0 Å². The Balaban J connectivity index is 2.64. The fraction of sp³-hybridized carbons (Fsp3) is 0.786. The minimum atomic E-state index is -1.04. The molecule has 0 amide bonds. The summed E-state index contributed by atoms with van der Waals surface area (Å²) >= 11 is 0. The largest absolute Gasteiger partial charge is 0.382 e. The van der Waals surface area contributed by atoms with Gasteiger partial charge in [-0.15, -0.1) is 0 Å². The molecule has 0 fully saturated rings. The zero-order chi connectivity index (χ0) is 13.9. The molecule has 4 heteroatoms. The van der Waals surface area contributed by atoms with Crippen molar-refractivity contribution in [1.29, 1.82) is 0 Å². The van der Waals surface area contributed by atoms with Gasteiger partial charge >= 0.3 is 0 Å². The van der Waals surface area contributed by atoms with Gasteiger partial charge in [0.15, 0.2) is 5.60 Å². The van der Waals surface area contributed by atoms with Crippen molar-refractivity contribution in [1.82, 2.24) is 0 Å². The standard InChI is InChI=1S/C14H23NO2S/c1-9-11-14(17-15-9,13(5,6)7)10(8-18(11)16)12(2,3)4/h8,11H,1-7H3. The maximum Gasteiger partial charge on any atom is 0.184 e. The van der Waals surface area contributed by atoms with E-state index in [1.807, 2.05) is 12.3 Å². The molecule has 2 rings (SSSR count). The topological polar surface area (TPSA) is 38.7 Å². The van der Waals surface area contributed by atoms with Gasteiger partial charge in [0.1, 0.15) is 5.25 Å². The second-order valence-corrected chi connectivity index (χ2v) is 8.66. The van der Waals surface area contributed by atoms with Gasteiger partial charge in [-0.05, 0) is 17.9 Å². The summed E-state index contributed by atoms with van der Waals surface area (Å²) in [4.78, 5) is 5.88. The first kappa shape index (κ1) is 13.8. The van der Waals surface area contributed by atoms with Gasteiger partial charge < -0.3 is 4.84 Å². The Kier molecular flexibility index (Phi) is 2.82. The fourth-order valence-corrected chi connectivity index (χ4v) is 5.12. The van der Waals surface area contributed by atoms with Crippen LogP contribution in [-0.2, 0) is 15.6 Å². The molecular weight excluding hydrogens is 246 g/mol. The molecule has 102 valence electrons. The molecule has 0 saturated heterocycles. The minimum absolute atomic E-state index is 0.0716. The quantitative estimate of drug-likeness (QED) is 0.677. The molecule has 0 bridgehead atoms. The lowest BCUT2D eigenvalue weighted by atomic mass is 9.63. The second-order valence-electron chi connectivity index (χ2n) is 7.30. The maximum absolute atomic E-state index is 12.4. The third-order valence-corrected chi connectivity index (χ3v) is 5.48. The average Bonchev–Trinajstić information content (AvgIpc) is 2.64. The van der Waals surface area contributed by atoms with Crippen LogP contribution in [0.2, 0.25) is 0 Å². The predicted octanol–water partition coefficient (Wildman–Crippen LogP) is 3.24. The van der Waals surface area contributed by atoms with E-state index in [2.05, 4.69) is 46.7 Å². The summed E-state index contributed by atoms with van der Waals surface area (Å²) < 4.78 is 12.4. The number of hydrogen-bond acceptors (Lipinski definition) is 3. The molecule has 0 radical (unpaired) electrons. The van der Waals surface area contributed by atoms with Crippen LogP contribution in [0.5, 0.6) is 0 Å². The van der Waals surface area contributed by atoms with E-state index >= 15 is 0 Å². The normalized spacial score (nSPS) is 35.9. The Labute approximate surface area is 112 Å². The van der Waals surface area contributed by atoms with E-state index in [1.165, 1.54) is 0 Å². The third kappa shape index (κ3) is 1.61. The van der Waals surface area contributed by atoms with Gasteiger partial charge in [-0.2, -0.15) is 0 Å². The van der Waals surface area contributed by atoms with Crippen molar-refractivity contribution >= 4 is 16.5 Å². The summed E-state index contributed by atoms with van der Waals surface area (Å²) in [5, 5.41) is 5.92. The molecule has 3 atom stereocenters. The Bertz CT molecular complexity index is 465. The van der Waals surface area contributed by atoms with Gasteiger partial charge in [0.25, 0.3) is 0 Å². The van der Waals surface area contributed by atoms with E-state index in [4.69, 9.17) is 4.84 Å². The van der Waals surface area contributed by atoms with Gasteiger partial charge in [-0.1, -0.05) is 46.7 Å². The van der Waals surface area contributed by atoms with Crippen molar-refractivity contribution in [3.8, 4) is 0 Å². The van der Waals surface area contributed by atoms with E-state index < -0.39 is 16.4 Å². The highest BCUT2D eigenvalue weighted by Crippen LogP contribution is 2.56. The first-order valence-corrected chi connectivity index (χ1v) is 7.64. The maximum atomic E-state index is 12.4. The number of nitrogens with zero attached hydrogens (tertiary/aromatic N) is 1. The number of rotatable bonds is 0. The molecule has 2 aliphatic rings. The molecule has 18 heavy (non-hydrogen) atoms. The number of hydrogen-bond donors (Lipinski definition) is 0. The van der Waals surface area contributed by atoms with Crippen molar-refractivity contribution in [2.45, 2.75) is 59.3 Å². The Morgan fingerprint density at radius 3 is 2.28 bits per heavy atom. The Hall–Kier alpha value is -0.640. The smallest absolute Gasteiger partial charge is 0.184 e. The zero-order valence-corrected chi connectivity index (χ0v) is 13.1. The van der Waals surface area contributed by atoms with Crippen LogP contribution in [-0.4, -0.2) is 20.8 Å². The van der Waals surface area contributed by atoms with Crippen LogP contribution in [0.1, 0.15) is 48.5 Å². The summed E-state index contributed by atoms with van der Waals surface area (Å²) in [6, 6.07) is 0. The highest BCUT2D eigenvalue weighted by molar-refractivity contribution is 7.89. The molecule has 0 aliphatic carbocycles. The average molecular weight is 269 g/mol. The van der Waals surface area contributed by atoms with Crippen LogP contribution in [0, 0.1) is 10.8 Å². The van der Waals surface area contributed by atoms with E-state index in [0.717, 1.165) is 11.3 Å². The van der Waals surface area contributed by atoms with Gasteiger partial charge in [-0.25, -0.2) is 0 Å². The van der Waals surface area contributed by atoms with Gasteiger partial charge in [-0.3, -0.25) is 4.21 Å². The number of fused-ring (bicyclic) bond motifs is 1. The van der Waals surface area contributed by atoms with Gasteiger partial charge in [0, 0.05) is 10.8 Å². The van der Waals surface area contributed by atoms with E-state index in [0.29, 0.717) is 0 Å². The fourth-order valence-electron chi connectivity index (χ4n) is 3.00. The molecule has 2 heterocycles. The zero-order valence-electron chi connectivity index (χ0n) is 12.3. The summed E-state index contributed by atoms with van der Waals surface area (Å²) in [6.45, 7) is 14.7. The van der Waals surface area contributed by atoms with Crippen molar-refractivity contribution in [2.24, 2.45) is 16.0 Å². The van der Waals surface area contributed by atoms with Crippen LogP contribution in [0.25, 0.3) is 0 Å². The lowest BCUT2D eigenvalue weighted by Crippen LogP contribution is -2.54. The highest BCUT2D eigenvalue weighted by Gasteiger charge is 2.65. The Morgan fingerprint density at radius 2 is 1.83 bits per heavy atom. The summed E-state index contributed by atoms with van der Waals surface area (Å²) in [5.41, 5.74) is 1.19. The first-order valence-electron chi connectivity index (χ1n) is 6.36. The van der Waals surface area contributed by atoms with E-state index in [9.17, 15) is 4.21 Å². The molecule has 0 aromatic carbocycles. The molecule has 3 unspecified atom stereocenters. The van der Waals surface area contributed by atoms with Crippen LogP contribution in [0.3, 0.4) is 0 Å². The van der Waals surface area contributed by atoms with Crippen LogP contribution in [0.15, 0.2) is 16.1 Å². The van der Waals surface area contributed by atoms with Crippen molar-refractivity contribution in [2.75, 3.05) is 0 Å². The molecular formula is C14H23NO2S. The summed E-state index contributed by atoms with van der Waals surface area (Å²) in [6.07, 6.45) is 0. The molecule has 0 aromatic heterocycles. The minimum Gasteiger partial charge on any atom is -0.382 e. The molecule has 3 nitrogen and oxygen atoms in total. The van der Waals surface area contributed by atoms with Gasteiger partial charge in [0.05, 0.1) is 16.5 Å². The van der Waals surface area contributed by atoms with Gasteiger partial charge in [0.2, 0.25) is 0 Å². The molecule has 0 saturated carbocycles. The molecule has 0 N–H and O–H groups in total. The monoisotopic (exact) mass is 269 g/mol. The van der Waals surface area contributed by atoms with Crippen molar-refractivity contribution < 1.29 is 9.05 Å². The van der Waals surface area contributed by atoms with Crippen LogP contribution >= 0.6 is 0 Å². The molecule has 0 aromatic rings. The molecule has 2 aliphatic heterocycles. The summed E-state index contributed by atoms with van der Waals surface area (Å²) in [7, 11) is -1.04. The number of oxime groups is 1. The molecule has 0 spiro atoms. The SMILES string of the molecule is CC1=NOC2(C(C)(C)C)C(C(C)(C)C)=CS(=O)C12. The summed E-state index contributed by atoms with van der Waals surface area (Å²) in [5.74, 6) is 0. The second kappa shape index (κ2) is 3.69. The first-order chi connectivity index (χ1) is 8.02.